The molecule has 1 aliphatic heterocycles. The van der Waals surface area contributed by atoms with Crippen LogP contribution in [0.1, 0.15) is 48.8 Å². The van der Waals surface area contributed by atoms with Crippen molar-refractivity contribution < 1.29 is 19.0 Å². The molecule has 3 aromatic rings. The first-order valence-corrected chi connectivity index (χ1v) is 11.8. The topological polar surface area (TPSA) is 44.8 Å². The third-order valence-corrected chi connectivity index (χ3v) is 6.42. The summed E-state index contributed by atoms with van der Waals surface area (Å²) in [5, 5.41) is 0. The molecule has 1 unspecified atom stereocenters. The van der Waals surface area contributed by atoms with Crippen molar-refractivity contribution in [3.05, 3.63) is 77.4 Å². The number of hydrogen-bond donors (Lipinski definition) is 0. The molecule has 2 aliphatic rings. The lowest BCUT2D eigenvalue weighted by Crippen LogP contribution is -2.05. The molecule has 0 spiro atoms. The van der Waals surface area contributed by atoms with Crippen molar-refractivity contribution in [1.82, 2.24) is 0 Å². The number of carbonyl (C=O) groups is 1. The molecule has 33 heavy (non-hydrogen) atoms. The summed E-state index contributed by atoms with van der Waals surface area (Å²) >= 11 is 0. The van der Waals surface area contributed by atoms with E-state index in [4.69, 9.17) is 14.2 Å². The van der Waals surface area contributed by atoms with Crippen LogP contribution in [0, 0.1) is 12.8 Å². The summed E-state index contributed by atoms with van der Waals surface area (Å²) < 4.78 is 17.8. The van der Waals surface area contributed by atoms with Crippen LogP contribution in [0.2, 0.25) is 0 Å². The van der Waals surface area contributed by atoms with E-state index >= 15 is 0 Å². The minimum atomic E-state index is 0.150. The number of benzene rings is 3. The van der Waals surface area contributed by atoms with Crippen LogP contribution in [0.5, 0.6) is 17.2 Å². The molecule has 1 atom stereocenters. The van der Waals surface area contributed by atoms with Crippen LogP contribution in [0.3, 0.4) is 0 Å². The van der Waals surface area contributed by atoms with Gasteiger partial charge in [0.1, 0.15) is 29.6 Å². The first kappa shape index (κ1) is 21.6. The molecule has 0 amide bonds. The molecular formula is C29H30O4. The summed E-state index contributed by atoms with van der Waals surface area (Å²) in [6.07, 6.45) is 3.11. The molecular weight excluding hydrogens is 412 g/mol. The largest absolute Gasteiger partial charge is 0.493 e. The summed E-state index contributed by atoms with van der Waals surface area (Å²) in [5.74, 6) is 3.64. The van der Waals surface area contributed by atoms with E-state index in [0.717, 1.165) is 40.9 Å². The molecule has 0 bridgehead atoms. The van der Waals surface area contributed by atoms with Gasteiger partial charge >= 0.3 is 0 Å². The van der Waals surface area contributed by atoms with E-state index in [9.17, 15) is 4.79 Å². The maximum absolute atomic E-state index is 11.5. The molecule has 1 fully saturated rings. The Morgan fingerprint density at radius 1 is 1.00 bits per heavy atom. The van der Waals surface area contributed by atoms with Crippen LogP contribution in [0.4, 0.5) is 0 Å². The van der Waals surface area contributed by atoms with Crippen molar-refractivity contribution in [2.45, 2.75) is 45.6 Å². The molecule has 0 radical (unpaired) electrons. The van der Waals surface area contributed by atoms with Gasteiger partial charge in [-0.05, 0) is 79.1 Å². The van der Waals surface area contributed by atoms with Crippen molar-refractivity contribution in [2.24, 2.45) is 5.92 Å². The highest BCUT2D eigenvalue weighted by Gasteiger charge is 2.25. The second-order valence-corrected chi connectivity index (χ2v) is 9.33. The Balaban J connectivity index is 1.24. The summed E-state index contributed by atoms with van der Waals surface area (Å²) in [6, 6.07) is 20.7. The average molecular weight is 443 g/mol. The van der Waals surface area contributed by atoms with Gasteiger partial charge in [0.05, 0.1) is 13.2 Å². The Hall–Kier alpha value is -3.27. The average Bonchev–Trinajstić information content (AvgIpc) is 3.56. The zero-order valence-electron chi connectivity index (χ0n) is 19.3. The van der Waals surface area contributed by atoms with Crippen molar-refractivity contribution in [3.8, 4) is 28.4 Å². The van der Waals surface area contributed by atoms with Gasteiger partial charge in [0, 0.05) is 24.0 Å². The Morgan fingerprint density at radius 2 is 1.82 bits per heavy atom. The minimum absolute atomic E-state index is 0.150. The van der Waals surface area contributed by atoms with Gasteiger partial charge in [-0.25, -0.2) is 0 Å². The molecule has 0 saturated heterocycles. The fraction of sp³-hybridized carbons (Fsp3) is 0.345. The van der Waals surface area contributed by atoms with E-state index in [2.05, 4.69) is 49.4 Å². The lowest BCUT2D eigenvalue weighted by molar-refractivity contribution is -0.117. The van der Waals surface area contributed by atoms with Crippen LogP contribution in [0.15, 0.2) is 60.7 Å². The van der Waals surface area contributed by atoms with E-state index in [1.807, 2.05) is 18.2 Å². The number of carbonyl (C=O) groups excluding carboxylic acids is 1. The van der Waals surface area contributed by atoms with Crippen LogP contribution in [-0.2, 0) is 11.4 Å². The smallest absolute Gasteiger partial charge is 0.130 e. The highest BCUT2D eigenvalue weighted by molar-refractivity contribution is 5.77. The SMILES string of the molecule is CC(=O)CC1COc2cc(OCc3cccc(-c4ccc(OCC5CC5)cc4C)c3)ccc21. The lowest BCUT2D eigenvalue weighted by Gasteiger charge is -2.12. The number of rotatable bonds is 9. The number of ketones is 1. The molecule has 1 aliphatic carbocycles. The van der Waals surface area contributed by atoms with Crippen LogP contribution >= 0.6 is 0 Å². The summed E-state index contributed by atoms with van der Waals surface area (Å²) in [4.78, 5) is 11.5. The van der Waals surface area contributed by atoms with E-state index in [1.54, 1.807) is 6.92 Å². The number of hydrogen-bond acceptors (Lipinski definition) is 4. The first-order chi connectivity index (χ1) is 16.0. The van der Waals surface area contributed by atoms with Gasteiger partial charge < -0.3 is 19.0 Å². The Kier molecular flexibility index (Phi) is 6.08. The Labute approximate surface area is 195 Å². The number of Topliss-reactive ketones (excluding diaryl/α,β-unsaturated/α-hetero) is 1. The van der Waals surface area contributed by atoms with Gasteiger partial charge in [-0.3, -0.25) is 0 Å². The third kappa shape index (κ3) is 5.22. The standard InChI is InChI=1S/C29H30O4/c1-19-12-25(31-16-21-6-7-21)8-10-27(19)23-5-3-4-22(14-23)17-32-26-9-11-28-24(13-20(2)30)18-33-29(28)15-26/h3-5,8-12,14-15,21,24H,6-7,13,16-18H2,1-2H3. The zero-order valence-corrected chi connectivity index (χ0v) is 19.3. The van der Waals surface area contributed by atoms with Crippen LogP contribution in [-0.4, -0.2) is 19.0 Å². The number of fused-ring (bicyclic) bond motifs is 1. The van der Waals surface area contributed by atoms with Crippen molar-refractivity contribution in [1.29, 1.82) is 0 Å². The van der Waals surface area contributed by atoms with Crippen LogP contribution in [0.25, 0.3) is 11.1 Å². The maximum atomic E-state index is 11.5. The van der Waals surface area contributed by atoms with Crippen molar-refractivity contribution >= 4 is 5.78 Å². The summed E-state index contributed by atoms with van der Waals surface area (Å²) in [6.45, 7) is 5.63. The molecule has 0 N–H and O–H groups in total. The highest BCUT2D eigenvalue weighted by atomic mass is 16.5. The van der Waals surface area contributed by atoms with Crippen molar-refractivity contribution in [2.75, 3.05) is 13.2 Å². The van der Waals surface area contributed by atoms with Crippen LogP contribution < -0.4 is 14.2 Å². The predicted octanol–water partition coefficient (Wildman–Crippen LogP) is 6.48. The fourth-order valence-corrected chi connectivity index (χ4v) is 4.41. The highest BCUT2D eigenvalue weighted by Crippen LogP contribution is 2.38. The quantitative estimate of drug-likeness (QED) is 0.380. The van der Waals surface area contributed by atoms with Gasteiger partial charge in [0.15, 0.2) is 0 Å². The second kappa shape index (κ2) is 9.30. The molecule has 4 nitrogen and oxygen atoms in total. The van der Waals surface area contributed by atoms with E-state index in [-0.39, 0.29) is 11.7 Å². The van der Waals surface area contributed by atoms with Crippen molar-refractivity contribution in [3.63, 3.8) is 0 Å². The number of aryl methyl sites for hydroxylation is 1. The maximum Gasteiger partial charge on any atom is 0.130 e. The van der Waals surface area contributed by atoms with Gasteiger partial charge in [-0.1, -0.05) is 30.3 Å². The van der Waals surface area contributed by atoms with Gasteiger partial charge in [0.25, 0.3) is 0 Å². The minimum Gasteiger partial charge on any atom is -0.493 e. The normalized spacial score (nSPS) is 16.7. The first-order valence-electron chi connectivity index (χ1n) is 11.8. The molecule has 170 valence electrons. The Morgan fingerprint density at radius 3 is 2.61 bits per heavy atom. The lowest BCUT2D eigenvalue weighted by atomic mass is 9.96. The third-order valence-electron chi connectivity index (χ3n) is 6.42. The molecule has 3 aromatic carbocycles. The molecule has 4 heteroatoms. The molecule has 0 aromatic heterocycles. The predicted molar refractivity (Wildman–Crippen MR) is 129 cm³/mol. The van der Waals surface area contributed by atoms with E-state index in [0.29, 0.717) is 19.6 Å². The molecule has 1 saturated carbocycles. The summed E-state index contributed by atoms with van der Waals surface area (Å²) in [7, 11) is 0. The summed E-state index contributed by atoms with van der Waals surface area (Å²) in [5.41, 5.74) is 5.79. The zero-order chi connectivity index (χ0) is 22.8. The van der Waals surface area contributed by atoms with Gasteiger partial charge in [-0.15, -0.1) is 0 Å². The molecule has 1 heterocycles. The monoisotopic (exact) mass is 442 g/mol. The fourth-order valence-electron chi connectivity index (χ4n) is 4.41. The molecule has 5 rings (SSSR count). The Bertz CT molecular complexity index is 1160. The number of ether oxygens (including phenoxy) is 3. The van der Waals surface area contributed by atoms with E-state index in [1.165, 1.54) is 29.5 Å². The van der Waals surface area contributed by atoms with Gasteiger partial charge in [-0.2, -0.15) is 0 Å². The second-order valence-electron chi connectivity index (χ2n) is 9.33. The van der Waals surface area contributed by atoms with Gasteiger partial charge in [0.2, 0.25) is 0 Å². The van der Waals surface area contributed by atoms with E-state index < -0.39 is 0 Å².